The van der Waals surface area contributed by atoms with Crippen molar-refractivity contribution in [2.75, 3.05) is 26.4 Å². The number of esters is 4. The van der Waals surface area contributed by atoms with E-state index in [0.29, 0.717) is 26.4 Å². The van der Waals surface area contributed by atoms with Crippen LogP contribution in [-0.4, -0.2) is 50.3 Å². The Kier molecular flexibility index (Phi) is 51.5. The summed E-state index contributed by atoms with van der Waals surface area (Å²) in [5.41, 5.74) is 0. The molecule has 8 heteroatoms. The van der Waals surface area contributed by atoms with Gasteiger partial charge in [-0.15, -0.1) is 0 Å². The molecular weight excluding hydrogens is 777 g/mol. The SMILES string of the molecule is CCCCCCCCCCCCOC(=O)CC(C)C(=O)OCCCCCCCCCCCC.CCCCCCCCCCOC(=O)CC(C)C(=O)OCCCCCCCCCC. The minimum absolute atomic E-state index is 0.118. The van der Waals surface area contributed by atoms with Gasteiger partial charge in [0.2, 0.25) is 0 Å². The van der Waals surface area contributed by atoms with E-state index in [0.717, 1.165) is 51.4 Å². The van der Waals surface area contributed by atoms with Crippen LogP contribution in [0.5, 0.6) is 0 Å². The summed E-state index contributed by atoms with van der Waals surface area (Å²) >= 11 is 0. The van der Waals surface area contributed by atoms with Crippen LogP contribution in [0.3, 0.4) is 0 Å². The van der Waals surface area contributed by atoms with E-state index in [4.69, 9.17) is 18.9 Å². The third-order valence-corrected chi connectivity index (χ3v) is 11.8. The van der Waals surface area contributed by atoms with Gasteiger partial charge in [-0.1, -0.05) is 247 Å². The molecule has 2 unspecified atom stereocenters. The van der Waals surface area contributed by atoms with Crippen LogP contribution in [0.4, 0.5) is 0 Å². The number of carbonyl (C=O) groups excluding carboxylic acids is 4. The molecule has 0 radical (unpaired) electrons. The van der Waals surface area contributed by atoms with E-state index in [2.05, 4.69) is 27.7 Å². The molecule has 0 aliphatic carbocycles. The second-order valence-electron chi connectivity index (χ2n) is 18.3. The minimum Gasteiger partial charge on any atom is -0.466 e. The predicted octanol–water partition coefficient (Wildman–Crippen LogP) is 16.3. The molecule has 0 amide bonds. The Bertz CT molecular complexity index is 968. The van der Waals surface area contributed by atoms with Crippen LogP contribution in [0.1, 0.15) is 286 Å². The van der Waals surface area contributed by atoms with E-state index in [1.165, 1.54) is 180 Å². The molecule has 368 valence electrons. The maximum Gasteiger partial charge on any atom is 0.309 e. The van der Waals surface area contributed by atoms with Crippen molar-refractivity contribution in [2.45, 2.75) is 286 Å². The van der Waals surface area contributed by atoms with Gasteiger partial charge < -0.3 is 18.9 Å². The molecule has 0 spiro atoms. The molecule has 0 fully saturated rings. The van der Waals surface area contributed by atoms with Gasteiger partial charge in [0.15, 0.2) is 0 Å². The first kappa shape index (κ1) is 62.0. The van der Waals surface area contributed by atoms with Crippen molar-refractivity contribution in [1.29, 1.82) is 0 Å². The van der Waals surface area contributed by atoms with Gasteiger partial charge in [0.05, 0.1) is 51.1 Å². The third-order valence-electron chi connectivity index (χ3n) is 11.8. The molecule has 0 saturated carbocycles. The Morgan fingerprint density at radius 2 is 0.452 bits per heavy atom. The van der Waals surface area contributed by atoms with Gasteiger partial charge in [0.25, 0.3) is 0 Å². The first-order valence-corrected chi connectivity index (χ1v) is 26.9. The Hall–Kier alpha value is -2.12. The highest BCUT2D eigenvalue weighted by Gasteiger charge is 2.20. The summed E-state index contributed by atoms with van der Waals surface area (Å²) in [6.07, 6.45) is 44.9. The fourth-order valence-corrected chi connectivity index (χ4v) is 7.44. The van der Waals surface area contributed by atoms with Crippen LogP contribution in [0, 0.1) is 11.8 Å². The van der Waals surface area contributed by atoms with Crippen molar-refractivity contribution in [3.8, 4) is 0 Å². The molecular formula is C54H104O8. The van der Waals surface area contributed by atoms with E-state index in [1.54, 1.807) is 13.8 Å². The van der Waals surface area contributed by atoms with Gasteiger partial charge in [0, 0.05) is 0 Å². The number of ether oxygens (including phenoxy) is 4. The molecule has 62 heavy (non-hydrogen) atoms. The number of unbranched alkanes of at least 4 members (excludes halogenated alkanes) is 32. The standard InChI is InChI=1S/C29H56O4.C25H48O4/c1-4-6-8-10-12-14-16-18-20-22-24-32-28(30)26-27(3)29(31)33-25-23-21-19-17-15-13-11-9-7-5-2;1-4-6-8-10-12-14-16-18-20-28-24(26)22-23(3)25(27)29-21-19-17-15-13-11-9-7-5-2/h27H,4-26H2,1-3H3;23H,4-22H2,1-3H3. The third kappa shape index (κ3) is 48.9. The second kappa shape index (κ2) is 51.5. The summed E-state index contributed by atoms with van der Waals surface area (Å²) in [6.45, 7) is 14.3. The molecule has 0 aliphatic rings. The van der Waals surface area contributed by atoms with Gasteiger partial charge in [0.1, 0.15) is 0 Å². The van der Waals surface area contributed by atoms with Gasteiger partial charge in [-0.2, -0.15) is 0 Å². The summed E-state index contributed by atoms with van der Waals surface area (Å²) in [4.78, 5) is 47.9. The highest BCUT2D eigenvalue weighted by Crippen LogP contribution is 2.15. The number of hydrogen-bond donors (Lipinski definition) is 0. The molecule has 0 aromatic rings. The number of rotatable bonds is 46. The van der Waals surface area contributed by atoms with Crippen LogP contribution in [-0.2, 0) is 38.1 Å². The fourth-order valence-electron chi connectivity index (χ4n) is 7.44. The van der Waals surface area contributed by atoms with Crippen molar-refractivity contribution in [2.24, 2.45) is 11.8 Å². The Morgan fingerprint density at radius 3 is 0.661 bits per heavy atom. The molecule has 0 saturated heterocycles. The average Bonchev–Trinajstić information content (AvgIpc) is 3.26. The predicted molar refractivity (Wildman–Crippen MR) is 260 cm³/mol. The topological polar surface area (TPSA) is 105 Å². The fraction of sp³-hybridized carbons (Fsp3) is 0.926. The largest absolute Gasteiger partial charge is 0.466 e. The van der Waals surface area contributed by atoms with Crippen LogP contribution in [0.25, 0.3) is 0 Å². The van der Waals surface area contributed by atoms with E-state index in [-0.39, 0.29) is 36.7 Å². The second-order valence-corrected chi connectivity index (χ2v) is 18.3. The number of carbonyl (C=O) groups is 4. The molecule has 0 aromatic heterocycles. The van der Waals surface area contributed by atoms with Crippen molar-refractivity contribution in [3.63, 3.8) is 0 Å². The lowest BCUT2D eigenvalue weighted by atomic mass is 10.1. The van der Waals surface area contributed by atoms with E-state index >= 15 is 0 Å². The van der Waals surface area contributed by atoms with Crippen LogP contribution in [0.2, 0.25) is 0 Å². The van der Waals surface area contributed by atoms with Gasteiger partial charge in [-0.05, 0) is 25.7 Å². The molecule has 0 heterocycles. The molecule has 0 N–H and O–H groups in total. The Balaban J connectivity index is 0. The van der Waals surface area contributed by atoms with Crippen molar-refractivity contribution in [3.05, 3.63) is 0 Å². The van der Waals surface area contributed by atoms with Gasteiger partial charge in [-0.3, -0.25) is 19.2 Å². The Morgan fingerprint density at radius 1 is 0.274 bits per heavy atom. The van der Waals surface area contributed by atoms with E-state index < -0.39 is 11.8 Å². The summed E-state index contributed by atoms with van der Waals surface area (Å²) in [7, 11) is 0. The monoisotopic (exact) mass is 881 g/mol. The quantitative estimate of drug-likeness (QED) is 0.0338. The minimum atomic E-state index is -0.423. The number of hydrogen-bond acceptors (Lipinski definition) is 8. The van der Waals surface area contributed by atoms with Crippen molar-refractivity contribution < 1.29 is 38.1 Å². The van der Waals surface area contributed by atoms with Gasteiger partial charge in [-0.25, -0.2) is 0 Å². The summed E-state index contributed by atoms with van der Waals surface area (Å²) in [5, 5.41) is 0. The van der Waals surface area contributed by atoms with Crippen molar-refractivity contribution in [1.82, 2.24) is 0 Å². The summed E-state index contributed by atoms with van der Waals surface area (Å²) in [5.74, 6) is -1.97. The highest BCUT2D eigenvalue weighted by molar-refractivity contribution is 5.80. The van der Waals surface area contributed by atoms with Crippen LogP contribution >= 0.6 is 0 Å². The maximum absolute atomic E-state index is 12.1. The zero-order valence-electron chi connectivity index (χ0n) is 42.1. The molecule has 2 atom stereocenters. The highest BCUT2D eigenvalue weighted by atomic mass is 16.5. The zero-order valence-corrected chi connectivity index (χ0v) is 42.1. The normalized spacial score (nSPS) is 12.0. The van der Waals surface area contributed by atoms with Crippen LogP contribution < -0.4 is 0 Å². The van der Waals surface area contributed by atoms with E-state index in [1.807, 2.05) is 0 Å². The first-order chi connectivity index (χ1) is 30.2. The van der Waals surface area contributed by atoms with E-state index in [9.17, 15) is 19.2 Å². The first-order valence-electron chi connectivity index (χ1n) is 26.9. The molecule has 0 aliphatic heterocycles. The smallest absolute Gasteiger partial charge is 0.309 e. The lowest BCUT2D eigenvalue weighted by Crippen LogP contribution is -2.20. The maximum atomic E-state index is 12.1. The molecule has 0 aromatic carbocycles. The zero-order chi connectivity index (χ0) is 46.0. The lowest BCUT2D eigenvalue weighted by Gasteiger charge is -2.11. The lowest BCUT2D eigenvalue weighted by molar-refractivity contribution is -0.154. The molecule has 0 rings (SSSR count). The summed E-state index contributed by atoms with van der Waals surface area (Å²) < 4.78 is 21.2. The summed E-state index contributed by atoms with van der Waals surface area (Å²) in [6, 6.07) is 0. The average molecular weight is 881 g/mol. The van der Waals surface area contributed by atoms with Crippen molar-refractivity contribution >= 4 is 23.9 Å². The van der Waals surface area contributed by atoms with Crippen LogP contribution in [0.15, 0.2) is 0 Å². The van der Waals surface area contributed by atoms with Gasteiger partial charge >= 0.3 is 23.9 Å². The molecule has 0 bridgehead atoms. The Labute approximate surface area is 384 Å². The molecule has 8 nitrogen and oxygen atoms in total.